The molecule has 1 rings (SSSR count). The van der Waals surface area contributed by atoms with Gasteiger partial charge in [0.25, 0.3) is 0 Å². The van der Waals surface area contributed by atoms with Crippen LogP contribution < -0.4 is 0 Å². The van der Waals surface area contributed by atoms with Gasteiger partial charge >= 0.3 is 0 Å². The van der Waals surface area contributed by atoms with E-state index in [1.807, 2.05) is 26.0 Å². The molecular formula is C15H23NO. The van der Waals surface area contributed by atoms with E-state index in [1.165, 1.54) is 0 Å². The Morgan fingerprint density at radius 2 is 2.00 bits per heavy atom. The number of rotatable bonds is 4. The Balaban J connectivity index is 3.03. The SMILES string of the molecule is C=CCn1c(C)cc(C(=O)CC(C)(C)C)c1C. The monoisotopic (exact) mass is 233 g/mol. The number of aromatic nitrogens is 1. The number of nitrogens with zero attached hydrogens (tertiary/aromatic N) is 1. The summed E-state index contributed by atoms with van der Waals surface area (Å²) >= 11 is 0. The van der Waals surface area contributed by atoms with Crippen LogP contribution in [0.2, 0.25) is 0 Å². The summed E-state index contributed by atoms with van der Waals surface area (Å²) in [4.78, 5) is 12.2. The first-order valence-electron chi connectivity index (χ1n) is 6.07. The first kappa shape index (κ1) is 13.8. The highest BCUT2D eigenvalue weighted by molar-refractivity contribution is 5.97. The fourth-order valence-electron chi connectivity index (χ4n) is 2.07. The van der Waals surface area contributed by atoms with Crippen LogP contribution in [0.4, 0.5) is 0 Å². The van der Waals surface area contributed by atoms with Gasteiger partial charge in [0.05, 0.1) is 0 Å². The molecule has 0 aromatic carbocycles. The van der Waals surface area contributed by atoms with Crippen molar-refractivity contribution in [2.24, 2.45) is 5.41 Å². The minimum atomic E-state index is 0.0396. The van der Waals surface area contributed by atoms with E-state index in [-0.39, 0.29) is 11.2 Å². The highest BCUT2D eigenvalue weighted by atomic mass is 16.1. The third-order valence-electron chi connectivity index (χ3n) is 2.88. The molecule has 0 atom stereocenters. The molecule has 0 radical (unpaired) electrons. The third-order valence-corrected chi connectivity index (χ3v) is 2.88. The molecule has 0 bridgehead atoms. The van der Waals surface area contributed by atoms with Gasteiger partial charge in [-0.1, -0.05) is 26.8 Å². The van der Waals surface area contributed by atoms with Crippen LogP contribution in [-0.2, 0) is 6.54 Å². The van der Waals surface area contributed by atoms with Crippen molar-refractivity contribution >= 4 is 5.78 Å². The molecule has 0 N–H and O–H groups in total. The number of carbonyl (C=O) groups excluding carboxylic acids is 1. The van der Waals surface area contributed by atoms with Crippen molar-refractivity contribution in [2.45, 2.75) is 47.6 Å². The van der Waals surface area contributed by atoms with Crippen LogP contribution in [0.15, 0.2) is 18.7 Å². The predicted octanol–water partition coefficient (Wildman–Crippen LogP) is 3.91. The first-order valence-corrected chi connectivity index (χ1v) is 6.07. The van der Waals surface area contributed by atoms with Crippen molar-refractivity contribution in [1.82, 2.24) is 4.57 Å². The Labute approximate surface area is 104 Å². The molecule has 2 heteroatoms. The van der Waals surface area contributed by atoms with Gasteiger partial charge < -0.3 is 4.57 Å². The molecule has 0 saturated heterocycles. The van der Waals surface area contributed by atoms with E-state index in [1.54, 1.807) is 0 Å². The van der Waals surface area contributed by atoms with E-state index >= 15 is 0 Å². The smallest absolute Gasteiger partial charge is 0.165 e. The fourth-order valence-corrected chi connectivity index (χ4v) is 2.07. The maximum Gasteiger partial charge on any atom is 0.165 e. The summed E-state index contributed by atoms with van der Waals surface area (Å²) in [7, 11) is 0. The van der Waals surface area contributed by atoms with Crippen LogP contribution in [-0.4, -0.2) is 10.4 Å². The zero-order valence-electron chi connectivity index (χ0n) is 11.6. The zero-order valence-corrected chi connectivity index (χ0v) is 11.6. The van der Waals surface area contributed by atoms with Crippen LogP contribution in [0.25, 0.3) is 0 Å². The van der Waals surface area contributed by atoms with Gasteiger partial charge in [0.2, 0.25) is 0 Å². The van der Waals surface area contributed by atoms with E-state index in [9.17, 15) is 4.79 Å². The topological polar surface area (TPSA) is 22.0 Å². The fraction of sp³-hybridized carbons (Fsp3) is 0.533. The van der Waals surface area contributed by atoms with Gasteiger partial charge in [0.1, 0.15) is 0 Å². The second-order valence-corrected chi connectivity index (χ2v) is 5.84. The second-order valence-electron chi connectivity index (χ2n) is 5.84. The molecule has 1 aromatic rings. The maximum absolute atomic E-state index is 12.2. The van der Waals surface area contributed by atoms with E-state index in [0.29, 0.717) is 6.42 Å². The van der Waals surface area contributed by atoms with Gasteiger partial charge in [-0.05, 0) is 25.3 Å². The number of ketones is 1. The highest BCUT2D eigenvalue weighted by Gasteiger charge is 2.21. The van der Waals surface area contributed by atoms with Crippen molar-refractivity contribution in [3.05, 3.63) is 35.7 Å². The summed E-state index contributed by atoms with van der Waals surface area (Å²) in [5.41, 5.74) is 3.08. The lowest BCUT2D eigenvalue weighted by Crippen LogP contribution is -2.13. The van der Waals surface area contributed by atoms with Crippen LogP contribution in [0.5, 0.6) is 0 Å². The predicted molar refractivity (Wildman–Crippen MR) is 72.5 cm³/mol. The Morgan fingerprint density at radius 3 is 2.47 bits per heavy atom. The highest BCUT2D eigenvalue weighted by Crippen LogP contribution is 2.24. The average Bonchev–Trinajstić information content (AvgIpc) is 2.43. The normalized spacial score (nSPS) is 11.6. The molecule has 2 nitrogen and oxygen atoms in total. The van der Waals surface area contributed by atoms with E-state index < -0.39 is 0 Å². The van der Waals surface area contributed by atoms with Crippen molar-refractivity contribution in [3.63, 3.8) is 0 Å². The van der Waals surface area contributed by atoms with Gasteiger partial charge in [-0.25, -0.2) is 0 Å². The lowest BCUT2D eigenvalue weighted by Gasteiger charge is -2.16. The molecule has 1 heterocycles. The lowest BCUT2D eigenvalue weighted by atomic mass is 9.88. The number of hydrogen-bond donors (Lipinski definition) is 0. The number of hydrogen-bond acceptors (Lipinski definition) is 1. The molecule has 0 fully saturated rings. The Morgan fingerprint density at radius 1 is 1.41 bits per heavy atom. The van der Waals surface area contributed by atoms with E-state index in [4.69, 9.17) is 0 Å². The third kappa shape index (κ3) is 3.32. The summed E-state index contributed by atoms with van der Waals surface area (Å²) in [6, 6.07) is 1.99. The second kappa shape index (κ2) is 4.91. The Bertz CT molecular complexity index is 433. The minimum Gasteiger partial charge on any atom is -0.345 e. The van der Waals surface area contributed by atoms with Gasteiger partial charge in [-0.2, -0.15) is 0 Å². The van der Waals surface area contributed by atoms with Crippen LogP contribution in [0, 0.1) is 19.3 Å². The van der Waals surface area contributed by atoms with E-state index in [0.717, 1.165) is 23.5 Å². The van der Waals surface area contributed by atoms with E-state index in [2.05, 4.69) is 31.9 Å². The molecular weight excluding hydrogens is 210 g/mol. The molecule has 17 heavy (non-hydrogen) atoms. The number of aryl methyl sites for hydroxylation is 1. The molecule has 0 aliphatic rings. The molecule has 0 aliphatic carbocycles. The lowest BCUT2D eigenvalue weighted by molar-refractivity contribution is 0.0939. The number of Topliss-reactive ketones (excluding diaryl/α,β-unsaturated/α-hetero) is 1. The van der Waals surface area contributed by atoms with Crippen molar-refractivity contribution in [1.29, 1.82) is 0 Å². The van der Waals surface area contributed by atoms with Crippen LogP contribution in [0.3, 0.4) is 0 Å². The van der Waals surface area contributed by atoms with Gasteiger partial charge in [-0.15, -0.1) is 6.58 Å². The van der Waals surface area contributed by atoms with Gasteiger partial charge in [0.15, 0.2) is 5.78 Å². The summed E-state index contributed by atoms with van der Waals surface area (Å²) < 4.78 is 2.13. The van der Waals surface area contributed by atoms with Crippen LogP contribution in [0.1, 0.15) is 48.9 Å². The molecule has 1 aromatic heterocycles. The minimum absolute atomic E-state index is 0.0396. The standard InChI is InChI=1S/C15H23NO/c1-7-8-16-11(2)9-13(12(16)3)14(17)10-15(4,5)6/h7,9H,1,8,10H2,2-6H3. The summed E-state index contributed by atoms with van der Waals surface area (Å²) in [5.74, 6) is 0.237. The molecule has 0 amide bonds. The van der Waals surface area contributed by atoms with Gasteiger partial charge in [-0.3, -0.25) is 4.79 Å². The quantitative estimate of drug-likeness (QED) is 0.571. The number of carbonyl (C=O) groups is 1. The molecule has 0 unspecified atom stereocenters. The van der Waals surface area contributed by atoms with Gasteiger partial charge in [0, 0.05) is 29.9 Å². The van der Waals surface area contributed by atoms with Crippen molar-refractivity contribution in [3.8, 4) is 0 Å². The Hall–Kier alpha value is -1.31. The molecule has 0 spiro atoms. The van der Waals surface area contributed by atoms with Crippen LogP contribution >= 0.6 is 0 Å². The molecule has 94 valence electrons. The maximum atomic E-state index is 12.2. The largest absolute Gasteiger partial charge is 0.345 e. The summed E-state index contributed by atoms with van der Waals surface area (Å²) in [6.45, 7) is 14.8. The molecule has 0 saturated carbocycles. The van der Waals surface area contributed by atoms with Crippen molar-refractivity contribution in [2.75, 3.05) is 0 Å². The summed E-state index contributed by atoms with van der Waals surface area (Å²) in [5, 5.41) is 0. The molecule has 0 aliphatic heterocycles. The Kier molecular flexibility index (Phi) is 3.97. The number of allylic oxidation sites excluding steroid dienone is 1. The zero-order chi connectivity index (χ0) is 13.2. The first-order chi connectivity index (χ1) is 7.76. The summed E-state index contributed by atoms with van der Waals surface area (Å²) in [6.07, 6.45) is 2.45. The average molecular weight is 233 g/mol. The van der Waals surface area contributed by atoms with Crippen molar-refractivity contribution < 1.29 is 4.79 Å².